The molecular weight excluding hydrogens is 1380 g/mol. The standard InChI is InChI=1S/2C18H8I2N2S6/c2*19-9-5-1-3-7-11(9)21-15(23)13(27-17(21)25)14-16(24)22(18(26)28-14)12-8-4-2-6-10(12)20/h2*1-8H/b2*14-13+. The number of nitrogens with zero attached hydrogens (tertiary/aromatic N) is 4. The Morgan fingerprint density at radius 2 is 0.482 bits per heavy atom. The molecule has 4 aliphatic rings. The summed E-state index contributed by atoms with van der Waals surface area (Å²) >= 11 is 61.0. The van der Waals surface area contributed by atoms with Gasteiger partial charge in [-0.15, -0.1) is 0 Å². The minimum absolute atomic E-state index is 0.677. The fourth-order valence-corrected chi connectivity index (χ4v) is 15.8. The van der Waals surface area contributed by atoms with Crippen molar-refractivity contribution in [1.29, 1.82) is 0 Å². The van der Waals surface area contributed by atoms with Gasteiger partial charge in [-0.05, 0) is 139 Å². The van der Waals surface area contributed by atoms with Crippen molar-refractivity contribution in [2.75, 3.05) is 19.6 Å². The quantitative estimate of drug-likeness (QED) is 0.109. The maximum Gasteiger partial charge on any atom is 0.151 e. The number of para-hydroxylation sites is 4. The molecule has 0 bridgehead atoms. The number of hydrogen-bond donors (Lipinski definition) is 0. The van der Waals surface area contributed by atoms with Crippen LogP contribution in [0.3, 0.4) is 0 Å². The molecule has 4 heterocycles. The molecule has 0 saturated carbocycles. The van der Waals surface area contributed by atoms with Crippen LogP contribution >= 0.6 is 235 Å². The summed E-state index contributed by atoms with van der Waals surface area (Å²) in [5.41, 5.74) is 3.97. The third-order valence-corrected chi connectivity index (χ3v) is 19.4. The van der Waals surface area contributed by atoms with E-state index in [1.807, 2.05) is 117 Å². The SMILES string of the molecule is S=C1S/C(=C2/SC(=S)N(c3ccccc3I)C2=S)C(=S)N1c1ccccc1I.S=C1S/C(=C2/SC(=S)N(c3ccccc3I)C2=S)C(=S)N1c1ccccc1I. The average Bonchev–Trinajstić information content (AvgIpc) is 3.84. The van der Waals surface area contributed by atoms with Gasteiger partial charge in [-0.2, -0.15) is 0 Å². The van der Waals surface area contributed by atoms with Gasteiger partial charge in [-0.3, -0.25) is 19.6 Å². The molecular formula is C36H16I4N4S12. The summed E-state index contributed by atoms with van der Waals surface area (Å²) < 4.78 is 7.20. The van der Waals surface area contributed by atoms with Gasteiger partial charge < -0.3 is 0 Å². The molecule has 0 aromatic heterocycles. The van der Waals surface area contributed by atoms with Gasteiger partial charge in [0.15, 0.2) is 17.3 Å². The van der Waals surface area contributed by atoms with E-state index in [1.54, 1.807) is 0 Å². The van der Waals surface area contributed by atoms with E-state index in [1.165, 1.54) is 47.0 Å². The highest BCUT2D eigenvalue weighted by Gasteiger charge is 2.41. The van der Waals surface area contributed by atoms with Gasteiger partial charge in [0, 0.05) is 14.3 Å². The van der Waals surface area contributed by atoms with E-state index in [-0.39, 0.29) is 0 Å². The fourth-order valence-electron chi connectivity index (χ4n) is 5.38. The molecule has 4 aromatic rings. The summed E-state index contributed by atoms with van der Waals surface area (Å²) in [6, 6.07) is 32.2. The second-order valence-corrected chi connectivity index (χ2v) is 23.9. The van der Waals surface area contributed by atoms with Crippen molar-refractivity contribution in [1.82, 2.24) is 0 Å². The van der Waals surface area contributed by atoms with Crippen LogP contribution < -0.4 is 19.6 Å². The maximum absolute atomic E-state index is 5.81. The molecule has 20 heteroatoms. The first kappa shape index (κ1) is 44.6. The molecule has 0 unspecified atom stereocenters. The summed E-state index contributed by atoms with van der Waals surface area (Å²) in [5, 5.41) is 0. The van der Waals surface area contributed by atoms with Gasteiger partial charge in [-0.25, -0.2) is 0 Å². The highest BCUT2D eigenvalue weighted by Crippen LogP contribution is 2.48. The minimum Gasteiger partial charge on any atom is -0.284 e. The molecule has 0 atom stereocenters. The molecule has 56 heavy (non-hydrogen) atoms. The van der Waals surface area contributed by atoms with Crippen molar-refractivity contribution in [3.63, 3.8) is 0 Å². The topological polar surface area (TPSA) is 13.0 Å². The third-order valence-electron chi connectivity index (χ3n) is 7.86. The highest BCUT2D eigenvalue weighted by atomic mass is 127. The molecule has 4 fully saturated rings. The van der Waals surface area contributed by atoms with Crippen molar-refractivity contribution in [2.45, 2.75) is 0 Å². The van der Waals surface area contributed by atoms with Crippen LogP contribution in [0.15, 0.2) is 117 Å². The summed E-state index contributed by atoms with van der Waals surface area (Å²) in [7, 11) is 0. The van der Waals surface area contributed by atoms with Gasteiger partial charge in [0.1, 0.15) is 20.0 Å². The van der Waals surface area contributed by atoms with E-state index in [0.717, 1.165) is 56.7 Å². The van der Waals surface area contributed by atoms with E-state index in [4.69, 9.17) is 97.7 Å². The molecule has 0 amide bonds. The van der Waals surface area contributed by atoms with E-state index < -0.39 is 0 Å². The van der Waals surface area contributed by atoms with E-state index >= 15 is 0 Å². The molecule has 4 nitrogen and oxygen atoms in total. The van der Waals surface area contributed by atoms with Gasteiger partial charge >= 0.3 is 0 Å². The van der Waals surface area contributed by atoms with E-state index in [0.29, 0.717) is 37.2 Å². The first-order valence-electron chi connectivity index (χ1n) is 15.5. The van der Waals surface area contributed by atoms with Gasteiger partial charge in [0.25, 0.3) is 0 Å². The first-order valence-corrected chi connectivity index (χ1v) is 26.4. The van der Waals surface area contributed by atoms with Crippen LogP contribution in [0.5, 0.6) is 0 Å². The maximum atomic E-state index is 5.81. The highest BCUT2D eigenvalue weighted by molar-refractivity contribution is 14.1. The zero-order valence-corrected chi connectivity index (χ0v) is 45.9. The normalized spacial score (nSPS) is 19.9. The number of thioether (sulfide) groups is 4. The molecule has 280 valence electrons. The third kappa shape index (κ3) is 8.92. The average molecular weight is 1400 g/mol. The lowest BCUT2D eigenvalue weighted by Gasteiger charge is -2.19. The van der Waals surface area contributed by atoms with Crippen molar-refractivity contribution in [3.05, 3.63) is 131 Å². The second-order valence-electron chi connectivity index (χ2n) is 11.2. The number of hydrogen-bond acceptors (Lipinski definition) is 12. The second kappa shape index (κ2) is 19.3. The Kier molecular flexibility index (Phi) is 15.4. The number of anilines is 4. The number of thiocarbonyl (C=S) groups is 8. The van der Waals surface area contributed by atoms with Crippen LogP contribution in [0.1, 0.15) is 0 Å². The predicted molar refractivity (Wildman–Crippen MR) is 312 cm³/mol. The van der Waals surface area contributed by atoms with Crippen LogP contribution in [0.4, 0.5) is 22.7 Å². The Bertz CT molecular complexity index is 2200. The van der Waals surface area contributed by atoms with Crippen molar-refractivity contribution >= 4 is 295 Å². The van der Waals surface area contributed by atoms with Crippen molar-refractivity contribution in [3.8, 4) is 0 Å². The predicted octanol–water partition coefficient (Wildman–Crippen LogP) is 14.3. The van der Waals surface area contributed by atoms with Crippen molar-refractivity contribution < 1.29 is 0 Å². The van der Waals surface area contributed by atoms with Crippen LogP contribution in [-0.4, -0.2) is 37.2 Å². The Balaban J connectivity index is 0.000000172. The monoisotopic (exact) mass is 1400 g/mol. The van der Waals surface area contributed by atoms with Gasteiger partial charge in [0.2, 0.25) is 0 Å². The van der Waals surface area contributed by atoms with Gasteiger partial charge in [0.05, 0.1) is 42.4 Å². The molecule has 4 saturated heterocycles. The molecule has 4 aromatic carbocycles. The smallest absolute Gasteiger partial charge is 0.151 e. The lowest BCUT2D eigenvalue weighted by molar-refractivity contribution is 1.46. The lowest BCUT2D eigenvalue weighted by Crippen LogP contribution is -2.28. The Morgan fingerprint density at radius 1 is 0.304 bits per heavy atom. The number of benzene rings is 4. The molecule has 4 aliphatic heterocycles. The summed E-state index contributed by atoms with van der Waals surface area (Å²) in [5.74, 6) is 0. The van der Waals surface area contributed by atoms with Crippen molar-refractivity contribution in [2.24, 2.45) is 0 Å². The van der Waals surface area contributed by atoms with E-state index in [2.05, 4.69) is 90.4 Å². The number of rotatable bonds is 4. The van der Waals surface area contributed by atoms with Crippen LogP contribution in [0, 0.1) is 14.3 Å². The minimum atomic E-state index is 0.677. The van der Waals surface area contributed by atoms with Crippen LogP contribution in [-0.2, 0) is 0 Å². The lowest BCUT2D eigenvalue weighted by atomic mass is 10.3. The molecule has 0 radical (unpaired) electrons. The summed E-state index contributed by atoms with van der Waals surface area (Å²) in [4.78, 5) is 14.1. The first-order chi connectivity index (χ1) is 26.8. The summed E-state index contributed by atoms with van der Waals surface area (Å²) in [6.07, 6.45) is 0. The van der Waals surface area contributed by atoms with Crippen LogP contribution in [0.2, 0.25) is 0 Å². The fraction of sp³-hybridized carbons (Fsp3) is 0. The van der Waals surface area contributed by atoms with E-state index in [9.17, 15) is 0 Å². The van der Waals surface area contributed by atoms with Gasteiger partial charge in [-0.1, -0.05) is 193 Å². The summed E-state index contributed by atoms with van der Waals surface area (Å²) in [6.45, 7) is 0. The Hall–Kier alpha value is 0.600. The Labute approximate surface area is 438 Å². The zero-order valence-electron chi connectivity index (χ0n) is 27.4. The molecule has 0 N–H and O–H groups in total. The molecule has 0 aliphatic carbocycles. The van der Waals surface area contributed by atoms with Crippen LogP contribution in [0.25, 0.3) is 0 Å². The Morgan fingerprint density at radius 3 is 0.661 bits per heavy atom. The molecule has 0 spiro atoms. The molecule has 8 rings (SSSR count). The number of halogens is 4. The largest absolute Gasteiger partial charge is 0.284 e. The zero-order chi connectivity index (χ0) is 40.0.